The fraction of sp³-hybridized carbons (Fsp3) is 0.0952. The normalized spacial score (nSPS) is 10.8. The summed E-state index contributed by atoms with van der Waals surface area (Å²) in [6, 6.07) is 16.6. The van der Waals surface area contributed by atoms with Crippen molar-refractivity contribution in [3.8, 4) is 12.3 Å². The summed E-state index contributed by atoms with van der Waals surface area (Å²) in [6.07, 6.45) is 5.34. The molecule has 4 aromatic rings. The number of hydrogen-bond donors (Lipinski definition) is 2. The number of carbonyl (C=O) groups excluding carboxylic acids is 1. The highest BCUT2D eigenvalue weighted by Gasteiger charge is 2.13. The van der Waals surface area contributed by atoms with Crippen molar-refractivity contribution in [1.82, 2.24) is 20.1 Å². The van der Waals surface area contributed by atoms with Crippen molar-refractivity contribution < 1.29 is 4.79 Å². The van der Waals surface area contributed by atoms with Crippen LogP contribution in [0, 0.1) is 12.3 Å². The molecule has 4 rings (SSSR count). The van der Waals surface area contributed by atoms with E-state index in [2.05, 4.69) is 21.3 Å². The summed E-state index contributed by atoms with van der Waals surface area (Å²) in [5, 5.41) is 9.39. The summed E-state index contributed by atoms with van der Waals surface area (Å²) < 4.78 is 1.24. The van der Waals surface area contributed by atoms with Crippen LogP contribution in [-0.2, 0) is 13.1 Å². The third-order valence-corrected chi connectivity index (χ3v) is 4.38. The van der Waals surface area contributed by atoms with Crippen LogP contribution in [0.25, 0.3) is 21.7 Å². The Morgan fingerprint density at radius 3 is 2.67 bits per heavy atom. The molecule has 0 saturated carbocycles. The minimum absolute atomic E-state index is 0.0760. The highest BCUT2D eigenvalue weighted by atomic mass is 16.2. The maximum atomic E-state index is 12.5. The Bertz CT molecular complexity index is 1230. The number of rotatable bonds is 4. The number of nitrogens with zero attached hydrogens (tertiary/aromatic N) is 2. The van der Waals surface area contributed by atoms with Crippen molar-refractivity contribution >= 4 is 27.6 Å². The fourth-order valence-corrected chi connectivity index (χ4v) is 3.08. The van der Waals surface area contributed by atoms with E-state index in [1.165, 1.54) is 4.68 Å². The van der Waals surface area contributed by atoms with Crippen molar-refractivity contribution in [1.29, 1.82) is 0 Å². The van der Waals surface area contributed by atoms with Gasteiger partial charge in [-0.05, 0) is 18.2 Å². The van der Waals surface area contributed by atoms with Crippen LogP contribution in [0.1, 0.15) is 16.2 Å². The molecule has 2 aromatic carbocycles. The molecule has 2 heterocycles. The Balaban J connectivity index is 1.65. The lowest BCUT2D eigenvalue weighted by Crippen LogP contribution is -2.28. The SMILES string of the molecule is C#CCn1nc(CNC(=O)c2cc3ccccc3[nH]2)c2ccccc2c1=O. The minimum atomic E-state index is -0.244. The van der Waals surface area contributed by atoms with Crippen molar-refractivity contribution in [3.05, 3.63) is 76.3 Å². The molecule has 0 aliphatic heterocycles. The third kappa shape index (κ3) is 3.07. The monoisotopic (exact) mass is 356 g/mol. The Labute approximate surface area is 154 Å². The molecule has 2 aromatic heterocycles. The Kier molecular flexibility index (Phi) is 4.19. The number of amides is 1. The first kappa shape index (κ1) is 16.6. The van der Waals surface area contributed by atoms with Crippen LogP contribution in [0.15, 0.2) is 59.4 Å². The first-order valence-electron chi connectivity index (χ1n) is 8.45. The van der Waals surface area contributed by atoms with Gasteiger partial charge in [-0.15, -0.1) is 6.42 Å². The number of aromatic amines is 1. The second-order valence-electron chi connectivity index (χ2n) is 6.11. The van der Waals surface area contributed by atoms with Crippen LogP contribution in [0.4, 0.5) is 0 Å². The lowest BCUT2D eigenvalue weighted by atomic mass is 10.1. The topological polar surface area (TPSA) is 79.8 Å². The average Bonchev–Trinajstić information content (AvgIpc) is 3.13. The molecule has 2 N–H and O–H groups in total. The van der Waals surface area contributed by atoms with Gasteiger partial charge >= 0.3 is 0 Å². The molecule has 0 spiro atoms. The zero-order valence-electron chi connectivity index (χ0n) is 14.4. The van der Waals surface area contributed by atoms with Crippen molar-refractivity contribution in [2.45, 2.75) is 13.1 Å². The highest BCUT2D eigenvalue weighted by molar-refractivity contribution is 5.98. The van der Waals surface area contributed by atoms with Crippen molar-refractivity contribution in [2.75, 3.05) is 0 Å². The van der Waals surface area contributed by atoms with Gasteiger partial charge in [0.2, 0.25) is 0 Å². The largest absolute Gasteiger partial charge is 0.351 e. The smallest absolute Gasteiger partial charge is 0.275 e. The molecule has 132 valence electrons. The predicted molar refractivity (Wildman–Crippen MR) is 104 cm³/mol. The molecular weight excluding hydrogens is 340 g/mol. The Morgan fingerprint density at radius 1 is 1.15 bits per heavy atom. The molecule has 27 heavy (non-hydrogen) atoms. The fourth-order valence-electron chi connectivity index (χ4n) is 3.08. The van der Waals surface area contributed by atoms with Gasteiger partial charge in [0, 0.05) is 16.3 Å². The van der Waals surface area contributed by atoms with Gasteiger partial charge in [0.25, 0.3) is 11.5 Å². The standard InChI is InChI=1S/C21H16N4O2/c1-2-11-25-21(27)16-9-5-4-8-15(16)19(24-25)13-22-20(26)18-12-14-7-3-6-10-17(14)23-18/h1,3-10,12,23H,11,13H2,(H,22,26). The van der Waals surface area contributed by atoms with Crippen molar-refractivity contribution in [3.63, 3.8) is 0 Å². The van der Waals surface area contributed by atoms with E-state index < -0.39 is 0 Å². The zero-order valence-corrected chi connectivity index (χ0v) is 14.4. The summed E-state index contributed by atoms with van der Waals surface area (Å²) in [7, 11) is 0. The number of carbonyl (C=O) groups is 1. The van der Waals surface area contributed by atoms with Crippen LogP contribution in [-0.4, -0.2) is 20.7 Å². The number of hydrogen-bond acceptors (Lipinski definition) is 3. The van der Waals surface area contributed by atoms with Crippen molar-refractivity contribution in [2.24, 2.45) is 0 Å². The van der Waals surface area contributed by atoms with E-state index >= 15 is 0 Å². The third-order valence-electron chi connectivity index (χ3n) is 4.38. The summed E-state index contributed by atoms with van der Waals surface area (Å²) >= 11 is 0. The molecule has 0 radical (unpaired) electrons. The summed E-state index contributed by atoms with van der Waals surface area (Å²) in [5.41, 5.74) is 1.71. The predicted octanol–water partition coefficient (Wildman–Crippen LogP) is 2.44. The van der Waals surface area contributed by atoms with Crippen LogP contribution in [0.3, 0.4) is 0 Å². The van der Waals surface area contributed by atoms with Crippen LogP contribution in [0.5, 0.6) is 0 Å². The molecule has 0 bridgehead atoms. The molecule has 0 aliphatic carbocycles. The summed E-state index contributed by atoms with van der Waals surface area (Å²) in [5.74, 6) is 2.19. The number of fused-ring (bicyclic) bond motifs is 2. The number of aromatic nitrogens is 3. The van der Waals surface area contributed by atoms with E-state index in [4.69, 9.17) is 6.42 Å². The van der Waals surface area contributed by atoms with Gasteiger partial charge < -0.3 is 10.3 Å². The second kappa shape index (κ2) is 6.81. The molecule has 0 saturated heterocycles. The molecule has 6 heteroatoms. The Hall–Kier alpha value is -3.85. The lowest BCUT2D eigenvalue weighted by Gasteiger charge is -2.10. The van der Waals surface area contributed by atoms with E-state index in [0.29, 0.717) is 22.2 Å². The van der Waals surface area contributed by atoms with E-state index in [0.717, 1.165) is 10.9 Å². The van der Waals surface area contributed by atoms with Gasteiger partial charge in [-0.1, -0.05) is 42.3 Å². The highest BCUT2D eigenvalue weighted by Crippen LogP contribution is 2.16. The number of terminal acetylenes is 1. The number of H-pyrrole nitrogens is 1. The van der Waals surface area contributed by atoms with Crippen LogP contribution in [0.2, 0.25) is 0 Å². The first-order chi connectivity index (χ1) is 13.2. The van der Waals surface area contributed by atoms with Gasteiger partial charge in [0.1, 0.15) is 12.2 Å². The zero-order chi connectivity index (χ0) is 18.8. The maximum Gasteiger partial charge on any atom is 0.275 e. The number of para-hydroxylation sites is 1. The van der Waals surface area contributed by atoms with E-state index in [1.807, 2.05) is 36.4 Å². The first-order valence-corrected chi connectivity index (χ1v) is 8.45. The van der Waals surface area contributed by atoms with Gasteiger partial charge in [-0.3, -0.25) is 9.59 Å². The Morgan fingerprint density at radius 2 is 1.89 bits per heavy atom. The number of benzene rings is 2. The van der Waals surface area contributed by atoms with E-state index in [-0.39, 0.29) is 24.6 Å². The molecule has 0 unspecified atom stereocenters. The number of nitrogens with one attached hydrogen (secondary N) is 2. The van der Waals surface area contributed by atoms with E-state index in [9.17, 15) is 9.59 Å². The van der Waals surface area contributed by atoms with Gasteiger partial charge in [-0.2, -0.15) is 5.10 Å². The van der Waals surface area contributed by atoms with Gasteiger partial charge in [-0.25, -0.2) is 4.68 Å². The van der Waals surface area contributed by atoms with Gasteiger partial charge in [0.15, 0.2) is 0 Å². The van der Waals surface area contributed by atoms with E-state index in [1.54, 1.807) is 18.2 Å². The van der Waals surface area contributed by atoms with Gasteiger partial charge in [0.05, 0.1) is 17.6 Å². The molecule has 0 atom stereocenters. The molecule has 6 nitrogen and oxygen atoms in total. The molecule has 1 amide bonds. The van der Waals surface area contributed by atoms with Crippen LogP contribution >= 0.6 is 0 Å². The summed E-state index contributed by atoms with van der Waals surface area (Å²) in [4.78, 5) is 28.1. The maximum absolute atomic E-state index is 12.5. The molecule has 0 aliphatic rings. The molecule has 0 fully saturated rings. The minimum Gasteiger partial charge on any atom is -0.351 e. The average molecular weight is 356 g/mol. The lowest BCUT2D eigenvalue weighted by molar-refractivity contribution is 0.0946. The molecular formula is C21H16N4O2. The summed E-state index contributed by atoms with van der Waals surface area (Å²) in [6.45, 7) is 0.256. The second-order valence-corrected chi connectivity index (χ2v) is 6.11. The quantitative estimate of drug-likeness (QED) is 0.551. The van der Waals surface area contributed by atoms with Crippen LogP contribution < -0.4 is 10.9 Å².